The summed E-state index contributed by atoms with van der Waals surface area (Å²) in [4.78, 5) is 0. The number of hydrogen-bond acceptors (Lipinski definition) is 2. The summed E-state index contributed by atoms with van der Waals surface area (Å²) in [7, 11) is 0. The van der Waals surface area contributed by atoms with Gasteiger partial charge in [-0.15, -0.1) is 11.3 Å². The molecule has 0 spiro atoms. The highest BCUT2D eigenvalue weighted by Crippen LogP contribution is 2.34. The third-order valence-electron chi connectivity index (χ3n) is 3.22. The van der Waals surface area contributed by atoms with Crippen LogP contribution in [0, 0.1) is 11.6 Å². The quantitative estimate of drug-likeness (QED) is 0.645. The van der Waals surface area contributed by atoms with Crippen LogP contribution in [0.1, 0.15) is 17.2 Å². The predicted molar refractivity (Wildman–Crippen MR) is 81.9 cm³/mol. The number of fused-ring (bicyclic) bond motifs is 1. The first-order chi connectivity index (χ1) is 9.58. The van der Waals surface area contributed by atoms with Crippen LogP contribution in [-0.2, 0) is 0 Å². The first-order valence-electron chi connectivity index (χ1n) is 5.94. The van der Waals surface area contributed by atoms with E-state index in [0.29, 0.717) is 0 Å². The van der Waals surface area contributed by atoms with Gasteiger partial charge in [0.25, 0.3) is 0 Å². The molecule has 20 heavy (non-hydrogen) atoms. The summed E-state index contributed by atoms with van der Waals surface area (Å²) in [5.41, 5.74) is 7.10. The molecule has 5 heteroatoms. The predicted octanol–water partition coefficient (Wildman–Crippen LogP) is 4.99. The van der Waals surface area contributed by atoms with E-state index in [1.165, 1.54) is 0 Å². The molecule has 1 unspecified atom stereocenters. The molecule has 0 saturated carbocycles. The lowest BCUT2D eigenvalue weighted by Gasteiger charge is -2.13. The minimum Gasteiger partial charge on any atom is -0.320 e. The van der Waals surface area contributed by atoms with Crippen molar-refractivity contribution in [1.82, 2.24) is 0 Å². The van der Waals surface area contributed by atoms with Crippen molar-refractivity contribution < 1.29 is 8.78 Å². The van der Waals surface area contributed by atoms with Gasteiger partial charge in [0.15, 0.2) is 0 Å². The van der Waals surface area contributed by atoms with Gasteiger partial charge in [-0.1, -0.05) is 18.2 Å². The fraction of sp³-hybridized carbons (Fsp3) is 0.0667. The van der Waals surface area contributed by atoms with Crippen molar-refractivity contribution in [1.29, 1.82) is 0 Å². The van der Waals surface area contributed by atoms with E-state index >= 15 is 0 Å². The number of nitrogens with two attached hydrogens (primary N) is 1. The van der Waals surface area contributed by atoms with Crippen LogP contribution < -0.4 is 5.73 Å². The van der Waals surface area contributed by atoms with E-state index in [1.807, 2.05) is 29.6 Å². The summed E-state index contributed by atoms with van der Waals surface area (Å²) in [6.45, 7) is 0. The molecular weight excluding hydrogens is 344 g/mol. The lowest BCUT2D eigenvalue weighted by molar-refractivity contribution is 0.573. The van der Waals surface area contributed by atoms with Crippen molar-refractivity contribution in [2.75, 3.05) is 0 Å². The van der Waals surface area contributed by atoms with Crippen LogP contribution in [0.2, 0.25) is 0 Å². The van der Waals surface area contributed by atoms with E-state index in [4.69, 9.17) is 5.73 Å². The van der Waals surface area contributed by atoms with Gasteiger partial charge in [0.05, 0.1) is 10.5 Å². The maximum absolute atomic E-state index is 14.0. The summed E-state index contributed by atoms with van der Waals surface area (Å²) >= 11 is 4.51. The first kappa shape index (κ1) is 13.7. The highest BCUT2D eigenvalue weighted by Gasteiger charge is 2.19. The fourth-order valence-electron chi connectivity index (χ4n) is 2.18. The summed E-state index contributed by atoms with van der Waals surface area (Å²) < 4.78 is 28.8. The summed E-state index contributed by atoms with van der Waals surface area (Å²) in [5, 5.41) is 2.88. The molecule has 3 rings (SSSR count). The third kappa shape index (κ3) is 2.26. The Bertz CT molecular complexity index is 785. The van der Waals surface area contributed by atoms with E-state index in [1.54, 1.807) is 11.3 Å². The van der Waals surface area contributed by atoms with Crippen LogP contribution in [0.15, 0.2) is 46.3 Å². The minimum atomic E-state index is -0.686. The standard InChI is InChI=1S/C15H10BrF2NS/c16-11-6-12(17)9(5-13(11)18)15(19)10-7-20-14-4-2-1-3-8(10)14/h1-7,15H,19H2. The number of hydrogen-bond donors (Lipinski definition) is 1. The molecule has 1 heterocycles. The monoisotopic (exact) mass is 353 g/mol. The van der Waals surface area contributed by atoms with Gasteiger partial charge in [0.2, 0.25) is 0 Å². The molecule has 0 radical (unpaired) electrons. The Balaban J connectivity index is 2.13. The van der Waals surface area contributed by atoms with Gasteiger partial charge in [-0.25, -0.2) is 8.78 Å². The Morgan fingerprint density at radius 2 is 1.80 bits per heavy atom. The second kappa shape index (κ2) is 5.24. The molecule has 0 fully saturated rings. The van der Waals surface area contributed by atoms with Gasteiger partial charge in [-0.05, 0) is 50.5 Å². The van der Waals surface area contributed by atoms with E-state index in [9.17, 15) is 8.78 Å². The van der Waals surface area contributed by atoms with Gasteiger partial charge >= 0.3 is 0 Å². The average Bonchev–Trinajstić information content (AvgIpc) is 2.86. The Kier molecular flexibility index (Phi) is 3.58. The SMILES string of the molecule is NC(c1cc(F)c(Br)cc1F)c1csc2ccccc12. The van der Waals surface area contributed by atoms with Crippen molar-refractivity contribution in [2.45, 2.75) is 6.04 Å². The molecule has 0 aliphatic heterocycles. The average molecular weight is 354 g/mol. The molecule has 0 aliphatic carbocycles. The Hall–Kier alpha value is -1.30. The van der Waals surface area contributed by atoms with Gasteiger partial charge < -0.3 is 5.73 Å². The van der Waals surface area contributed by atoms with Crippen LogP contribution in [0.5, 0.6) is 0 Å². The molecule has 2 aromatic carbocycles. The maximum atomic E-state index is 14.0. The molecular formula is C15H10BrF2NS. The van der Waals surface area contributed by atoms with Gasteiger partial charge in [0.1, 0.15) is 11.6 Å². The number of benzene rings is 2. The van der Waals surface area contributed by atoms with Crippen LogP contribution in [0.25, 0.3) is 10.1 Å². The molecule has 0 aliphatic rings. The van der Waals surface area contributed by atoms with Crippen LogP contribution >= 0.6 is 27.3 Å². The summed E-state index contributed by atoms with van der Waals surface area (Å²) in [5.74, 6) is -1.03. The normalized spacial score (nSPS) is 12.8. The highest BCUT2D eigenvalue weighted by atomic mass is 79.9. The van der Waals surface area contributed by atoms with Gasteiger partial charge in [-0.3, -0.25) is 0 Å². The molecule has 1 nitrogen and oxygen atoms in total. The third-order valence-corrected chi connectivity index (χ3v) is 4.81. The van der Waals surface area contributed by atoms with Crippen molar-refractivity contribution in [3.8, 4) is 0 Å². The fourth-order valence-corrected chi connectivity index (χ4v) is 3.50. The second-order valence-electron chi connectivity index (χ2n) is 4.45. The van der Waals surface area contributed by atoms with E-state index in [2.05, 4.69) is 15.9 Å². The van der Waals surface area contributed by atoms with Gasteiger partial charge in [-0.2, -0.15) is 0 Å². The van der Waals surface area contributed by atoms with Crippen molar-refractivity contribution in [2.24, 2.45) is 5.73 Å². The Morgan fingerprint density at radius 3 is 2.60 bits per heavy atom. The largest absolute Gasteiger partial charge is 0.320 e. The van der Waals surface area contributed by atoms with Crippen LogP contribution in [-0.4, -0.2) is 0 Å². The number of thiophene rings is 1. The zero-order valence-corrected chi connectivity index (χ0v) is 12.6. The molecule has 3 aromatic rings. The molecule has 0 amide bonds. The summed E-state index contributed by atoms with van der Waals surface area (Å²) in [6, 6.07) is 9.34. The first-order valence-corrected chi connectivity index (χ1v) is 7.61. The molecule has 2 N–H and O–H groups in total. The van der Waals surface area contributed by atoms with Crippen molar-refractivity contribution >= 4 is 37.4 Å². The molecule has 1 aromatic heterocycles. The second-order valence-corrected chi connectivity index (χ2v) is 6.22. The van der Waals surface area contributed by atoms with E-state index < -0.39 is 17.7 Å². The zero-order valence-electron chi connectivity index (χ0n) is 10.2. The Morgan fingerprint density at radius 1 is 1.05 bits per heavy atom. The number of rotatable bonds is 2. The van der Waals surface area contributed by atoms with Crippen LogP contribution in [0.4, 0.5) is 8.78 Å². The topological polar surface area (TPSA) is 26.0 Å². The zero-order chi connectivity index (χ0) is 14.3. The van der Waals surface area contributed by atoms with Crippen molar-refractivity contribution in [3.05, 3.63) is 69.0 Å². The maximum Gasteiger partial charge on any atom is 0.137 e. The summed E-state index contributed by atoms with van der Waals surface area (Å²) in [6.07, 6.45) is 0. The Labute approximate surface area is 127 Å². The lowest BCUT2D eigenvalue weighted by Crippen LogP contribution is -2.13. The minimum absolute atomic E-state index is 0.0983. The lowest BCUT2D eigenvalue weighted by atomic mass is 9.98. The molecule has 0 saturated heterocycles. The highest BCUT2D eigenvalue weighted by molar-refractivity contribution is 9.10. The van der Waals surface area contributed by atoms with E-state index in [0.717, 1.165) is 27.8 Å². The number of halogens is 3. The smallest absolute Gasteiger partial charge is 0.137 e. The molecule has 0 bridgehead atoms. The molecule has 1 atom stereocenters. The van der Waals surface area contributed by atoms with E-state index in [-0.39, 0.29) is 10.0 Å². The van der Waals surface area contributed by atoms with Crippen LogP contribution in [0.3, 0.4) is 0 Å². The van der Waals surface area contributed by atoms with Gasteiger partial charge in [0, 0.05) is 10.3 Å². The molecule has 102 valence electrons. The van der Waals surface area contributed by atoms with Crippen molar-refractivity contribution in [3.63, 3.8) is 0 Å².